The fraction of sp³-hybridized carbons (Fsp3) is 0.455. The first-order valence-electron chi connectivity index (χ1n) is 10.6. The van der Waals surface area contributed by atoms with E-state index in [0.29, 0.717) is 36.1 Å². The molecule has 2 aromatic rings. The molecule has 8 heteroatoms. The minimum atomic E-state index is -3.50. The van der Waals surface area contributed by atoms with E-state index in [1.807, 2.05) is 0 Å². The van der Waals surface area contributed by atoms with Crippen molar-refractivity contribution in [1.82, 2.24) is 9.29 Å². The normalized spacial score (nSPS) is 18.5. The van der Waals surface area contributed by atoms with Gasteiger partial charge in [0.2, 0.25) is 10.0 Å². The molecule has 0 bridgehead atoms. The van der Waals surface area contributed by atoms with Gasteiger partial charge >= 0.3 is 0 Å². The number of benzene rings is 1. The third kappa shape index (κ3) is 4.34. The second kappa shape index (κ2) is 8.73. The monoisotopic (exact) mass is 428 g/mol. The number of pyridine rings is 1. The first-order chi connectivity index (χ1) is 14.4. The zero-order chi connectivity index (χ0) is 21.1. The van der Waals surface area contributed by atoms with Crippen LogP contribution in [-0.4, -0.2) is 49.8 Å². The number of hydrogen-bond donors (Lipinski definition) is 1. The average Bonchev–Trinajstić information content (AvgIpc) is 3.29. The number of anilines is 2. The van der Waals surface area contributed by atoms with Crippen LogP contribution in [0.5, 0.6) is 0 Å². The second-order valence-electron chi connectivity index (χ2n) is 8.13. The average molecular weight is 429 g/mol. The smallest absolute Gasteiger partial charge is 0.259 e. The number of nitrogens with one attached hydrogen (secondary N) is 1. The summed E-state index contributed by atoms with van der Waals surface area (Å²) in [5.74, 6) is 1.02. The molecule has 1 amide bonds. The maximum Gasteiger partial charge on any atom is 0.259 e. The minimum absolute atomic E-state index is 0.245. The van der Waals surface area contributed by atoms with E-state index in [9.17, 15) is 13.2 Å². The Labute approximate surface area is 178 Å². The van der Waals surface area contributed by atoms with Crippen molar-refractivity contribution in [3.05, 3.63) is 48.2 Å². The zero-order valence-electron chi connectivity index (χ0n) is 17.3. The van der Waals surface area contributed by atoms with E-state index in [4.69, 9.17) is 0 Å². The molecule has 2 saturated heterocycles. The highest BCUT2D eigenvalue weighted by Crippen LogP contribution is 2.26. The summed E-state index contributed by atoms with van der Waals surface area (Å²) in [5, 5.41) is 2.87. The van der Waals surface area contributed by atoms with Gasteiger partial charge in [-0.1, -0.05) is 6.92 Å². The molecule has 30 heavy (non-hydrogen) atoms. The van der Waals surface area contributed by atoms with E-state index in [0.717, 1.165) is 38.8 Å². The van der Waals surface area contributed by atoms with Crippen LogP contribution in [-0.2, 0) is 10.0 Å². The fourth-order valence-electron chi connectivity index (χ4n) is 4.04. The van der Waals surface area contributed by atoms with Crippen molar-refractivity contribution in [2.24, 2.45) is 5.92 Å². The maximum atomic E-state index is 12.9. The summed E-state index contributed by atoms with van der Waals surface area (Å²) in [6.45, 7) is 5.07. The van der Waals surface area contributed by atoms with Crippen molar-refractivity contribution < 1.29 is 13.2 Å². The van der Waals surface area contributed by atoms with Crippen LogP contribution in [0.1, 0.15) is 43.0 Å². The van der Waals surface area contributed by atoms with Gasteiger partial charge in [-0.15, -0.1) is 0 Å². The summed E-state index contributed by atoms with van der Waals surface area (Å²) < 4.78 is 27.3. The summed E-state index contributed by atoms with van der Waals surface area (Å²) >= 11 is 0. The molecule has 2 fully saturated rings. The van der Waals surface area contributed by atoms with Gasteiger partial charge in [0.25, 0.3) is 5.91 Å². The van der Waals surface area contributed by atoms with E-state index in [1.165, 1.54) is 0 Å². The lowest BCUT2D eigenvalue weighted by molar-refractivity contribution is 0.102. The molecule has 1 N–H and O–H groups in total. The van der Waals surface area contributed by atoms with Gasteiger partial charge in [0.15, 0.2) is 0 Å². The fourth-order valence-corrected chi connectivity index (χ4v) is 5.51. The quantitative estimate of drug-likeness (QED) is 0.790. The molecular formula is C22H28N4O3S. The number of rotatable bonds is 5. The van der Waals surface area contributed by atoms with Crippen molar-refractivity contribution >= 4 is 27.4 Å². The van der Waals surface area contributed by atoms with E-state index in [1.54, 1.807) is 46.9 Å². The lowest BCUT2D eigenvalue weighted by atomic mass is 10.0. The molecule has 160 valence electrons. The Morgan fingerprint density at radius 3 is 2.37 bits per heavy atom. The van der Waals surface area contributed by atoms with E-state index in [-0.39, 0.29) is 10.8 Å². The third-order valence-corrected chi connectivity index (χ3v) is 7.84. The Bertz CT molecular complexity index is 993. The number of aromatic nitrogens is 1. The highest BCUT2D eigenvalue weighted by molar-refractivity contribution is 7.89. The number of hydrogen-bond acceptors (Lipinski definition) is 5. The summed E-state index contributed by atoms with van der Waals surface area (Å²) in [4.78, 5) is 19.6. The molecule has 2 aliphatic rings. The highest BCUT2D eigenvalue weighted by atomic mass is 32.2. The summed E-state index contributed by atoms with van der Waals surface area (Å²) in [7, 11) is -3.50. The predicted octanol–water partition coefficient (Wildman–Crippen LogP) is 3.35. The number of nitrogens with zero attached hydrogens (tertiary/aromatic N) is 3. The number of carbonyl (C=O) groups is 1. The minimum Gasteiger partial charge on any atom is -0.356 e. The second-order valence-corrected chi connectivity index (χ2v) is 10.1. The lowest BCUT2D eigenvalue weighted by Gasteiger charge is -2.29. The molecule has 7 nitrogen and oxygen atoms in total. The van der Waals surface area contributed by atoms with Gasteiger partial charge in [0.05, 0.1) is 10.5 Å². The molecule has 1 aromatic carbocycles. The van der Waals surface area contributed by atoms with Crippen molar-refractivity contribution in [3.63, 3.8) is 0 Å². The summed E-state index contributed by atoms with van der Waals surface area (Å²) in [6, 6.07) is 9.93. The van der Waals surface area contributed by atoms with Gasteiger partial charge in [-0.3, -0.25) is 4.79 Å². The van der Waals surface area contributed by atoms with E-state index in [2.05, 4.69) is 22.1 Å². The van der Waals surface area contributed by atoms with Crippen LogP contribution in [0.15, 0.2) is 47.5 Å². The summed E-state index contributed by atoms with van der Waals surface area (Å²) in [6.07, 6.45) is 5.67. The molecule has 4 rings (SSSR count). The Balaban J connectivity index is 1.47. The molecule has 0 radical (unpaired) electrons. The molecule has 3 heterocycles. The van der Waals surface area contributed by atoms with Crippen molar-refractivity contribution in [3.8, 4) is 0 Å². The first-order valence-corrected chi connectivity index (χ1v) is 12.0. The van der Waals surface area contributed by atoms with Crippen LogP contribution in [0.4, 0.5) is 11.5 Å². The van der Waals surface area contributed by atoms with E-state index < -0.39 is 10.0 Å². The molecule has 0 unspecified atom stereocenters. The van der Waals surface area contributed by atoms with Gasteiger partial charge in [-0.05, 0) is 68.0 Å². The van der Waals surface area contributed by atoms with Gasteiger partial charge in [0.1, 0.15) is 5.82 Å². The first kappa shape index (κ1) is 20.8. The van der Waals surface area contributed by atoms with Crippen LogP contribution in [0.2, 0.25) is 0 Å². The Hall–Kier alpha value is -2.45. The Morgan fingerprint density at radius 2 is 1.70 bits per heavy atom. The van der Waals surface area contributed by atoms with Crippen molar-refractivity contribution in [1.29, 1.82) is 0 Å². The van der Waals surface area contributed by atoms with E-state index >= 15 is 0 Å². The van der Waals surface area contributed by atoms with Crippen LogP contribution >= 0.6 is 0 Å². The molecule has 0 saturated carbocycles. The molecule has 2 aliphatic heterocycles. The highest BCUT2D eigenvalue weighted by Gasteiger charge is 2.28. The molecule has 0 aliphatic carbocycles. The van der Waals surface area contributed by atoms with Crippen molar-refractivity contribution in [2.45, 2.75) is 37.5 Å². The number of carbonyl (C=O) groups excluding carboxylic acids is 1. The predicted molar refractivity (Wildman–Crippen MR) is 117 cm³/mol. The number of sulfonamides is 1. The van der Waals surface area contributed by atoms with Crippen molar-refractivity contribution in [2.75, 3.05) is 36.4 Å². The number of amides is 1. The van der Waals surface area contributed by atoms with Gasteiger partial charge < -0.3 is 10.2 Å². The third-order valence-electron chi connectivity index (χ3n) is 5.93. The molecule has 1 aromatic heterocycles. The van der Waals surface area contributed by atoms with Crippen LogP contribution in [0.3, 0.4) is 0 Å². The Morgan fingerprint density at radius 1 is 1.03 bits per heavy atom. The van der Waals surface area contributed by atoms with Crippen LogP contribution in [0, 0.1) is 5.92 Å². The standard InChI is InChI=1S/C22H28N4O3S/c1-17-10-15-26(16-11-17)30(28,29)19-8-6-18(7-9-19)24-22(27)20-5-4-12-23-21(20)25-13-2-3-14-25/h4-9,12,17H,2-3,10-11,13-16H2,1H3,(H,24,27). The number of piperidine rings is 1. The summed E-state index contributed by atoms with van der Waals surface area (Å²) in [5.41, 5.74) is 1.08. The Kier molecular flexibility index (Phi) is 6.06. The largest absolute Gasteiger partial charge is 0.356 e. The van der Waals surface area contributed by atoms with Crippen LogP contribution < -0.4 is 10.2 Å². The lowest BCUT2D eigenvalue weighted by Crippen LogP contribution is -2.37. The molecule has 0 atom stereocenters. The zero-order valence-corrected chi connectivity index (χ0v) is 18.1. The van der Waals surface area contributed by atoms with Gasteiger partial charge in [0, 0.05) is 38.1 Å². The molecule has 0 spiro atoms. The van der Waals surface area contributed by atoms with Gasteiger partial charge in [-0.25, -0.2) is 13.4 Å². The van der Waals surface area contributed by atoms with Gasteiger partial charge in [-0.2, -0.15) is 4.31 Å². The topological polar surface area (TPSA) is 82.6 Å². The van der Waals surface area contributed by atoms with Crippen LogP contribution in [0.25, 0.3) is 0 Å². The SMILES string of the molecule is CC1CCN(S(=O)(=O)c2ccc(NC(=O)c3cccnc3N3CCCC3)cc2)CC1. The molecular weight excluding hydrogens is 400 g/mol. The maximum absolute atomic E-state index is 12.9.